The van der Waals surface area contributed by atoms with Gasteiger partial charge in [-0.2, -0.15) is 0 Å². The number of primary amides is 1. The van der Waals surface area contributed by atoms with E-state index in [1.165, 1.54) is 13.8 Å². The summed E-state index contributed by atoms with van der Waals surface area (Å²) in [5, 5.41) is 62.5. The molecule has 0 spiro atoms. The van der Waals surface area contributed by atoms with Crippen LogP contribution in [0.3, 0.4) is 0 Å². The third kappa shape index (κ3) is 28.8. The second-order valence-electron chi connectivity index (χ2n) is 24.9. The molecule has 3 unspecified atom stereocenters. The number of carboxylic acid groups (broad SMARTS) is 2. The number of hydrogen-bond donors (Lipinski definition) is 14. The number of carboxylic acids is 2. The van der Waals surface area contributed by atoms with Gasteiger partial charge >= 0.3 is 11.9 Å². The number of H-pyrrole nitrogens is 1. The predicted octanol–water partition coefficient (Wildman–Crippen LogP) is 4.24. The fourth-order valence-corrected chi connectivity index (χ4v) is 10.5. The highest BCUT2D eigenvalue weighted by molar-refractivity contribution is 5.98. The highest BCUT2D eigenvalue weighted by atomic mass is 16.4. The van der Waals surface area contributed by atoms with Crippen LogP contribution in [0.2, 0.25) is 0 Å². The summed E-state index contributed by atoms with van der Waals surface area (Å²) in [6, 6.07) is 5.17. The molecule has 3 aromatic rings. The second kappa shape index (κ2) is 40.7. The summed E-state index contributed by atoms with van der Waals surface area (Å²) in [5.41, 5.74) is 7.50. The van der Waals surface area contributed by atoms with Crippen LogP contribution < -0.4 is 48.3 Å². The quantitative estimate of drug-likeness (QED) is 0.0352. The molecule has 506 valence electrons. The van der Waals surface area contributed by atoms with Gasteiger partial charge in [0.15, 0.2) is 0 Å². The Balaban J connectivity index is 1.37. The Labute approximate surface area is 534 Å². The number of aliphatic hydroxyl groups is 2. The Kier molecular flexibility index (Phi) is 34.6. The topological polar surface area (TPSA) is 407 Å². The standard InChI is InChI=1S/C66H102N10O15/c1-9-41(6)56(62(85)76-58(43(8)78)64(87)71-49(34-40(4)5)60(83)73-52(66(90)91)36-45-38-68-47-30-26-25-29-46(45)47)74-54(80)31-23-18-16-14-12-10-11-13-15-17-19-24-32-55(81)75-57(42(7)77)63(86)70-48(33-39(2)3)59(82)69-50(37-53(67)79)61(84)72-51(65(88)89)35-44-27-21-20-22-28-44/h20-22,25-30,38-43,48-52,56-58,68,77-78H,9-19,23-24,31-37H2,1-8H3,(H2,67,79)(H,69,82)(H,70,86)(H,71,87)(H,72,84)(H,73,83)(H,74,80)(H,75,81)(H,76,85)(H,88,89)(H,90,91)/t41?,42?,43?,48-,49-,50-,51-,52-,56-,57-,58-/m0/s1. The van der Waals surface area contributed by atoms with Crippen molar-refractivity contribution in [2.75, 3.05) is 0 Å². The van der Waals surface area contributed by atoms with Crippen molar-refractivity contribution in [1.82, 2.24) is 47.5 Å². The Morgan fingerprint density at radius 3 is 1.27 bits per heavy atom. The van der Waals surface area contributed by atoms with Gasteiger partial charge in [-0.05, 0) is 74.5 Å². The third-order valence-electron chi connectivity index (χ3n) is 15.8. The van der Waals surface area contributed by atoms with Gasteiger partial charge in [-0.3, -0.25) is 43.2 Å². The summed E-state index contributed by atoms with van der Waals surface area (Å²) in [5.74, 6) is -9.94. The first kappa shape index (κ1) is 77.3. The zero-order valence-electron chi connectivity index (χ0n) is 54.3. The largest absolute Gasteiger partial charge is 0.480 e. The minimum absolute atomic E-state index is 0.0258. The maximum absolute atomic E-state index is 13.8. The number of rotatable bonds is 45. The molecule has 1 heterocycles. The minimum Gasteiger partial charge on any atom is -0.480 e. The first-order valence-electron chi connectivity index (χ1n) is 32.2. The average molecular weight is 1280 g/mol. The average Bonchev–Trinajstić information content (AvgIpc) is 1.86. The van der Waals surface area contributed by atoms with Gasteiger partial charge in [0.2, 0.25) is 53.2 Å². The van der Waals surface area contributed by atoms with Crippen LogP contribution in [0, 0.1) is 17.8 Å². The van der Waals surface area contributed by atoms with Crippen LogP contribution >= 0.6 is 0 Å². The number of aromatic amines is 1. The van der Waals surface area contributed by atoms with Crippen molar-refractivity contribution in [3.8, 4) is 0 Å². The molecule has 2 aromatic carbocycles. The van der Waals surface area contributed by atoms with E-state index < -0.39 is 126 Å². The Bertz CT molecular complexity index is 2830. The first-order chi connectivity index (χ1) is 43.1. The van der Waals surface area contributed by atoms with Crippen molar-refractivity contribution in [1.29, 1.82) is 0 Å². The summed E-state index contributed by atoms with van der Waals surface area (Å²) >= 11 is 0. The van der Waals surface area contributed by atoms with Gasteiger partial charge in [0.25, 0.3) is 0 Å². The molecule has 0 aliphatic rings. The molecular formula is C66H102N10O15. The molecule has 1 aromatic heterocycles. The predicted molar refractivity (Wildman–Crippen MR) is 343 cm³/mol. The number of carbonyl (C=O) groups excluding carboxylic acids is 9. The van der Waals surface area contributed by atoms with Crippen molar-refractivity contribution in [2.24, 2.45) is 23.5 Å². The molecule has 9 amide bonds. The van der Waals surface area contributed by atoms with Crippen LogP contribution in [0.1, 0.15) is 182 Å². The highest BCUT2D eigenvalue weighted by Crippen LogP contribution is 2.21. The summed E-state index contributed by atoms with van der Waals surface area (Å²) in [7, 11) is 0. The molecule has 91 heavy (non-hydrogen) atoms. The van der Waals surface area contributed by atoms with Crippen LogP contribution in [0.4, 0.5) is 0 Å². The molecule has 0 aliphatic heterocycles. The molecule has 11 atom stereocenters. The fraction of sp³-hybridized carbons (Fsp3) is 0.621. The van der Waals surface area contributed by atoms with Crippen molar-refractivity contribution in [3.05, 3.63) is 71.9 Å². The zero-order chi connectivity index (χ0) is 67.7. The lowest BCUT2D eigenvalue weighted by Gasteiger charge is -2.29. The summed E-state index contributed by atoms with van der Waals surface area (Å²) in [6.45, 7) is 13.5. The molecular weight excluding hydrogens is 1170 g/mol. The van der Waals surface area contributed by atoms with Gasteiger partial charge in [-0.1, -0.05) is 161 Å². The van der Waals surface area contributed by atoms with Crippen molar-refractivity contribution in [3.63, 3.8) is 0 Å². The summed E-state index contributed by atoms with van der Waals surface area (Å²) in [6.07, 6.45) is 9.75. The van der Waals surface area contributed by atoms with Crippen LogP contribution in [-0.4, -0.2) is 151 Å². The monoisotopic (exact) mass is 1270 g/mol. The molecule has 0 fully saturated rings. The molecule has 3 rings (SSSR count). The molecule has 0 saturated carbocycles. The Hall–Kier alpha value is -7.93. The van der Waals surface area contributed by atoms with Gasteiger partial charge in [0.05, 0.1) is 18.6 Å². The van der Waals surface area contributed by atoms with E-state index in [0.29, 0.717) is 30.4 Å². The molecule has 0 bridgehead atoms. The Morgan fingerprint density at radius 1 is 0.451 bits per heavy atom. The van der Waals surface area contributed by atoms with E-state index in [9.17, 15) is 73.2 Å². The number of unbranched alkanes of at least 4 members (excludes halogenated alkanes) is 11. The lowest BCUT2D eigenvalue weighted by Crippen LogP contribution is -2.61. The molecule has 0 saturated heterocycles. The fourth-order valence-electron chi connectivity index (χ4n) is 10.5. The number of nitrogens with two attached hydrogens (primary N) is 1. The summed E-state index contributed by atoms with van der Waals surface area (Å²) < 4.78 is 0. The lowest BCUT2D eigenvalue weighted by atomic mass is 9.97. The van der Waals surface area contributed by atoms with Crippen LogP contribution in [0.5, 0.6) is 0 Å². The van der Waals surface area contributed by atoms with Gasteiger partial charge in [-0.25, -0.2) is 9.59 Å². The lowest BCUT2D eigenvalue weighted by molar-refractivity contribution is -0.143. The van der Waals surface area contributed by atoms with E-state index in [0.717, 1.165) is 75.1 Å². The van der Waals surface area contributed by atoms with Gasteiger partial charge in [0.1, 0.15) is 48.3 Å². The van der Waals surface area contributed by atoms with Crippen LogP contribution in [-0.2, 0) is 65.6 Å². The van der Waals surface area contributed by atoms with E-state index in [1.54, 1.807) is 57.3 Å². The Morgan fingerprint density at radius 2 is 0.835 bits per heavy atom. The maximum atomic E-state index is 13.8. The number of aliphatic hydroxyl groups excluding tert-OH is 2. The van der Waals surface area contributed by atoms with Gasteiger partial charge < -0.3 is 73.7 Å². The van der Waals surface area contributed by atoms with Crippen molar-refractivity contribution < 1.29 is 73.2 Å². The van der Waals surface area contributed by atoms with Crippen molar-refractivity contribution >= 4 is 76.0 Å². The zero-order valence-corrected chi connectivity index (χ0v) is 54.3. The maximum Gasteiger partial charge on any atom is 0.326 e. The minimum atomic E-state index is -1.58. The number of aliphatic carboxylic acids is 2. The number of aromatic nitrogens is 1. The molecule has 25 nitrogen and oxygen atoms in total. The van der Waals surface area contributed by atoms with E-state index in [1.807, 2.05) is 45.0 Å². The highest BCUT2D eigenvalue weighted by Gasteiger charge is 2.37. The molecule has 0 radical (unpaired) electrons. The molecule has 15 N–H and O–H groups in total. The summed E-state index contributed by atoms with van der Waals surface area (Å²) in [4.78, 5) is 147. The normalized spacial score (nSPS) is 15.0. The van der Waals surface area contributed by atoms with E-state index >= 15 is 0 Å². The molecule has 25 heteroatoms. The number of amides is 9. The van der Waals surface area contributed by atoms with Crippen LogP contribution in [0.15, 0.2) is 60.8 Å². The van der Waals surface area contributed by atoms with E-state index in [-0.39, 0.29) is 62.2 Å². The number of hydrogen-bond acceptors (Lipinski definition) is 13. The number of nitrogens with one attached hydrogen (secondary N) is 9. The number of fused-ring (bicyclic) bond motifs is 1. The second-order valence-corrected chi connectivity index (χ2v) is 24.9. The van der Waals surface area contributed by atoms with Gasteiger partial charge in [0, 0.05) is 42.8 Å². The van der Waals surface area contributed by atoms with Crippen LogP contribution in [0.25, 0.3) is 10.9 Å². The van der Waals surface area contributed by atoms with E-state index in [2.05, 4.69) is 47.5 Å². The van der Waals surface area contributed by atoms with Crippen molar-refractivity contribution in [2.45, 2.75) is 244 Å². The smallest absolute Gasteiger partial charge is 0.326 e. The third-order valence-corrected chi connectivity index (χ3v) is 15.8. The number of para-hydroxylation sites is 1. The van der Waals surface area contributed by atoms with E-state index in [4.69, 9.17) is 5.73 Å². The number of carbonyl (C=O) groups is 11. The molecule has 0 aliphatic carbocycles. The SMILES string of the molecule is CCC(C)[C@H](NC(=O)CCCCCCCCCCCCCCC(=O)N[C@H](C(=O)N[C@@H](CC(C)C)C(=O)N[C@@H](CC(N)=O)C(=O)N[C@@H](Cc1ccccc1)C(=O)O)C(C)O)C(=O)N[C@H](C(=O)N[C@@H](CC(C)C)C(=O)N[C@@H](Cc1c[nH]c2ccccc12)C(=O)O)C(C)O. The van der Waals surface area contributed by atoms with Gasteiger partial charge in [-0.15, -0.1) is 0 Å². The number of benzene rings is 2. The first-order valence-corrected chi connectivity index (χ1v) is 32.2.